The molecule has 0 aromatic carbocycles. The first-order valence-electron chi connectivity index (χ1n) is 7.28. The number of aromatic nitrogens is 2. The van der Waals surface area contributed by atoms with E-state index in [4.69, 9.17) is 0 Å². The first-order chi connectivity index (χ1) is 10.1. The Morgan fingerprint density at radius 1 is 1.14 bits per heavy atom. The number of anilines is 1. The van der Waals surface area contributed by atoms with Crippen LogP contribution in [0.5, 0.6) is 0 Å². The summed E-state index contributed by atoms with van der Waals surface area (Å²) in [5, 5.41) is 3.03. The van der Waals surface area contributed by atoms with Crippen molar-refractivity contribution in [3.63, 3.8) is 0 Å². The molecule has 1 aromatic rings. The molecule has 0 aliphatic carbocycles. The molecule has 0 unspecified atom stereocenters. The van der Waals surface area contributed by atoms with Crippen LogP contribution < -0.4 is 10.2 Å². The number of nitrogens with one attached hydrogen (secondary N) is 1. The van der Waals surface area contributed by atoms with Gasteiger partial charge < -0.3 is 10.2 Å². The summed E-state index contributed by atoms with van der Waals surface area (Å²) in [6, 6.07) is 1.77. The molecule has 21 heavy (non-hydrogen) atoms. The highest BCUT2D eigenvalue weighted by Gasteiger charge is 2.27. The molecule has 8 heteroatoms. The second-order valence-electron chi connectivity index (χ2n) is 5.06. The van der Waals surface area contributed by atoms with Gasteiger partial charge in [-0.15, -0.1) is 0 Å². The fourth-order valence-corrected chi connectivity index (χ4v) is 3.88. The van der Waals surface area contributed by atoms with Crippen LogP contribution in [0.4, 0.5) is 5.95 Å². The molecule has 1 aliphatic rings. The molecule has 1 N–H and O–H groups in total. The van der Waals surface area contributed by atoms with E-state index in [-0.39, 0.29) is 5.75 Å². The monoisotopic (exact) mass is 313 g/mol. The Hall–Kier alpha value is -1.25. The van der Waals surface area contributed by atoms with Gasteiger partial charge in [0.2, 0.25) is 16.0 Å². The summed E-state index contributed by atoms with van der Waals surface area (Å²) in [7, 11) is -1.26. The lowest BCUT2D eigenvalue weighted by Gasteiger charge is -2.33. The van der Waals surface area contributed by atoms with Gasteiger partial charge in [-0.3, -0.25) is 0 Å². The largest absolute Gasteiger partial charge is 0.338 e. The number of hydrogen-bond acceptors (Lipinski definition) is 6. The van der Waals surface area contributed by atoms with E-state index in [1.165, 1.54) is 0 Å². The van der Waals surface area contributed by atoms with E-state index in [0.717, 1.165) is 13.0 Å². The van der Waals surface area contributed by atoms with Crippen LogP contribution in [0.1, 0.15) is 12.8 Å². The van der Waals surface area contributed by atoms with Crippen molar-refractivity contribution in [3.8, 4) is 0 Å². The van der Waals surface area contributed by atoms with Gasteiger partial charge in [0.25, 0.3) is 0 Å². The SMILES string of the molecule is CNCCCCS(=O)(=O)N1CCN(c2ncccn2)CC1. The lowest BCUT2D eigenvalue weighted by atomic mass is 10.3. The molecule has 7 nitrogen and oxygen atoms in total. The zero-order chi connectivity index (χ0) is 15.1. The summed E-state index contributed by atoms with van der Waals surface area (Å²) >= 11 is 0. The molecule has 2 heterocycles. The molecule has 0 amide bonds. The van der Waals surface area contributed by atoms with Gasteiger partial charge in [-0.25, -0.2) is 18.4 Å². The highest BCUT2D eigenvalue weighted by Crippen LogP contribution is 2.13. The normalized spacial score (nSPS) is 17.1. The molecule has 1 saturated heterocycles. The third-order valence-electron chi connectivity index (χ3n) is 3.55. The average molecular weight is 313 g/mol. The van der Waals surface area contributed by atoms with Gasteiger partial charge in [-0.2, -0.15) is 4.31 Å². The zero-order valence-corrected chi connectivity index (χ0v) is 13.2. The minimum absolute atomic E-state index is 0.233. The lowest BCUT2D eigenvalue weighted by Crippen LogP contribution is -2.49. The number of piperazine rings is 1. The Kier molecular flexibility index (Phi) is 5.89. The van der Waals surface area contributed by atoms with Crippen molar-refractivity contribution in [3.05, 3.63) is 18.5 Å². The van der Waals surface area contributed by atoms with Gasteiger partial charge >= 0.3 is 0 Å². The third kappa shape index (κ3) is 4.62. The molecular formula is C13H23N5O2S. The van der Waals surface area contributed by atoms with Crippen molar-refractivity contribution >= 4 is 16.0 Å². The van der Waals surface area contributed by atoms with Crippen molar-refractivity contribution in [2.75, 3.05) is 50.4 Å². The number of unbranched alkanes of at least 4 members (excludes halogenated alkanes) is 1. The highest BCUT2D eigenvalue weighted by atomic mass is 32.2. The van der Waals surface area contributed by atoms with E-state index in [2.05, 4.69) is 15.3 Å². The van der Waals surface area contributed by atoms with Crippen molar-refractivity contribution < 1.29 is 8.42 Å². The van der Waals surface area contributed by atoms with Gasteiger partial charge in [-0.05, 0) is 32.5 Å². The quantitative estimate of drug-likeness (QED) is 0.710. The van der Waals surface area contributed by atoms with Gasteiger partial charge in [0.1, 0.15) is 0 Å². The minimum atomic E-state index is -3.13. The first kappa shape index (κ1) is 16.1. The van der Waals surface area contributed by atoms with Gasteiger partial charge in [0, 0.05) is 38.6 Å². The van der Waals surface area contributed by atoms with Gasteiger partial charge in [0.15, 0.2) is 0 Å². The predicted octanol–water partition coefficient (Wildman–Crippen LogP) is -0.0720. The fraction of sp³-hybridized carbons (Fsp3) is 0.692. The topological polar surface area (TPSA) is 78.4 Å². The number of sulfonamides is 1. The Bertz CT molecular complexity index is 515. The molecule has 1 aromatic heterocycles. The number of nitrogens with zero attached hydrogens (tertiary/aromatic N) is 4. The van der Waals surface area contributed by atoms with Crippen LogP contribution in [0.25, 0.3) is 0 Å². The second kappa shape index (κ2) is 7.67. The summed E-state index contributed by atoms with van der Waals surface area (Å²) in [6.45, 7) is 3.15. The Morgan fingerprint density at radius 3 is 2.43 bits per heavy atom. The van der Waals surface area contributed by atoms with Crippen molar-refractivity contribution in [2.45, 2.75) is 12.8 Å². The Morgan fingerprint density at radius 2 is 1.81 bits per heavy atom. The number of hydrogen-bond donors (Lipinski definition) is 1. The Labute approximate surface area is 126 Å². The van der Waals surface area contributed by atoms with Crippen LogP contribution in [0.2, 0.25) is 0 Å². The lowest BCUT2D eigenvalue weighted by molar-refractivity contribution is 0.381. The van der Waals surface area contributed by atoms with Crippen LogP contribution in [0.15, 0.2) is 18.5 Å². The van der Waals surface area contributed by atoms with Crippen molar-refractivity contribution in [1.82, 2.24) is 19.6 Å². The van der Waals surface area contributed by atoms with Crippen LogP contribution in [-0.2, 0) is 10.0 Å². The molecule has 0 bridgehead atoms. The van der Waals surface area contributed by atoms with Crippen LogP contribution >= 0.6 is 0 Å². The summed E-state index contributed by atoms with van der Waals surface area (Å²) in [5.41, 5.74) is 0. The highest BCUT2D eigenvalue weighted by molar-refractivity contribution is 7.89. The van der Waals surface area contributed by atoms with E-state index in [0.29, 0.717) is 38.5 Å². The standard InChI is InChI=1S/C13H23N5O2S/c1-14-5-2-3-12-21(19,20)18-10-8-17(9-11-18)13-15-6-4-7-16-13/h4,6-7,14H,2-3,5,8-12H2,1H3. The van der Waals surface area contributed by atoms with Crippen molar-refractivity contribution in [2.24, 2.45) is 0 Å². The molecule has 1 aliphatic heterocycles. The maximum Gasteiger partial charge on any atom is 0.225 e. The van der Waals surface area contributed by atoms with E-state index < -0.39 is 10.0 Å². The van der Waals surface area contributed by atoms with Gasteiger partial charge in [-0.1, -0.05) is 0 Å². The van der Waals surface area contributed by atoms with Crippen LogP contribution in [-0.4, -0.2) is 68.2 Å². The molecule has 1 fully saturated rings. The fourth-order valence-electron chi connectivity index (χ4n) is 2.34. The van der Waals surface area contributed by atoms with E-state index >= 15 is 0 Å². The summed E-state index contributed by atoms with van der Waals surface area (Å²) in [6.07, 6.45) is 4.99. The van der Waals surface area contributed by atoms with E-state index in [1.807, 2.05) is 11.9 Å². The van der Waals surface area contributed by atoms with E-state index in [1.54, 1.807) is 22.8 Å². The zero-order valence-electron chi connectivity index (χ0n) is 12.4. The smallest absolute Gasteiger partial charge is 0.225 e. The number of rotatable bonds is 7. The summed E-state index contributed by atoms with van der Waals surface area (Å²) < 4.78 is 26.1. The molecule has 0 atom stereocenters. The summed E-state index contributed by atoms with van der Waals surface area (Å²) in [5.74, 6) is 0.903. The van der Waals surface area contributed by atoms with Crippen LogP contribution in [0.3, 0.4) is 0 Å². The minimum Gasteiger partial charge on any atom is -0.338 e. The predicted molar refractivity (Wildman–Crippen MR) is 82.8 cm³/mol. The molecule has 0 spiro atoms. The summed E-state index contributed by atoms with van der Waals surface area (Å²) in [4.78, 5) is 10.4. The maximum absolute atomic E-state index is 12.2. The first-order valence-corrected chi connectivity index (χ1v) is 8.89. The van der Waals surface area contributed by atoms with Crippen molar-refractivity contribution in [1.29, 1.82) is 0 Å². The third-order valence-corrected chi connectivity index (χ3v) is 5.50. The average Bonchev–Trinajstić information content (AvgIpc) is 2.53. The second-order valence-corrected chi connectivity index (χ2v) is 7.15. The molecule has 0 saturated carbocycles. The van der Waals surface area contributed by atoms with Gasteiger partial charge in [0.05, 0.1) is 5.75 Å². The molecule has 2 rings (SSSR count). The van der Waals surface area contributed by atoms with Crippen LogP contribution in [0, 0.1) is 0 Å². The van der Waals surface area contributed by atoms with E-state index in [9.17, 15) is 8.42 Å². The molecule has 0 radical (unpaired) electrons. The molecular weight excluding hydrogens is 290 g/mol. The Balaban J connectivity index is 1.83. The maximum atomic E-state index is 12.2. The molecule has 118 valence electrons.